The molecule has 4 rings (SSSR count). The van der Waals surface area contributed by atoms with Crippen molar-refractivity contribution in [3.8, 4) is 0 Å². The molecule has 1 aliphatic heterocycles. The minimum atomic E-state index is -3.65. The highest BCUT2D eigenvalue weighted by Crippen LogP contribution is 2.27. The first-order valence-corrected chi connectivity index (χ1v) is 12.7. The van der Waals surface area contributed by atoms with Gasteiger partial charge < -0.3 is 15.0 Å². The molecule has 7 nitrogen and oxygen atoms in total. The number of amides is 1. The largest absolute Gasteiger partial charge is 0.378 e. The first kappa shape index (κ1) is 22.8. The van der Waals surface area contributed by atoms with Gasteiger partial charge >= 0.3 is 0 Å². The van der Waals surface area contributed by atoms with Gasteiger partial charge in [0.2, 0.25) is 10.0 Å². The zero-order chi connectivity index (χ0) is 22.6. The van der Waals surface area contributed by atoms with Gasteiger partial charge in [-0.05, 0) is 55.3 Å². The Morgan fingerprint density at radius 1 is 1.03 bits per heavy atom. The van der Waals surface area contributed by atoms with E-state index in [9.17, 15) is 13.2 Å². The summed E-state index contributed by atoms with van der Waals surface area (Å²) in [7, 11) is -2.00. The Hall–Kier alpha value is -2.42. The summed E-state index contributed by atoms with van der Waals surface area (Å²) >= 11 is 0. The van der Waals surface area contributed by atoms with Gasteiger partial charge in [-0.15, -0.1) is 0 Å². The van der Waals surface area contributed by atoms with Crippen LogP contribution in [-0.2, 0) is 14.8 Å². The molecule has 32 heavy (non-hydrogen) atoms. The van der Waals surface area contributed by atoms with Crippen LogP contribution < -0.4 is 10.2 Å². The molecule has 1 saturated carbocycles. The second-order valence-electron chi connectivity index (χ2n) is 8.44. The Kier molecular flexibility index (Phi) is 7.13. The normalized spacial score (nSPS) is 18.0. The highest BCUT2D eigenvalue weighted by Gasteiger charge is 2.29. The number of ether oxygens (including phenoxy) is 1. The second-order valence-corrected chi connectivity index (χ2v) is 10.4. The van der Waals surface area contributed by atoms with Gasteiger partial charge in [-0.2, -0.15) is 4.31 Å². The van der Waals surface area contributed by atoms with Crippen LogP contribution in [0.5, 0.6) is 0 Å². The fourth-order valence-corrected chi connectivity index (χ4v) is 5.85. The van der Waals surface area contributed by atoms with E-state index in [1.807, 2.05) is 24.3 Å². The van der Waals surface area contributed by atoms with Crippen LogP contribution in [-0.4, -0.2) is 58.0 Å². The van der Waals surface area contributed by atoms with E-state index in [0.29, 0.717) is 24.5 Å². The third-order valence-electron chi connectivity index (χ3n) is 6.36. The smallest absolute Gasteiger partial charge is 0.255 e. The number of morpholine rings is 1. The fourth-order valence-electron chi connectivity index (χ4n) is 4.39. The second kappa shape index (κ2) is 10.0. The minimum absolute atomic E-state index is 0.0243. The van der Waals surface area contributed by atoms with Crippen LogP contribution in [0, 0.1) is 0 Å². The van der Waals surface area contributed by atoms with Gasteiger partial charge in [0, 0.05) is 43.1 Å². The maximum absolute atomic E-state index is 13.1. The average molecular weight is 458 g/mol. The summed E-state index contributed by atoms with van der Waals surface area (Å²) in [6.45, 7) is 3.13. The lowest BCUT2D eigenvalue weighted by Crippen LogP contribution is -2.38. The Morgan fingerprint density at radius 2 is 1.72 bits per heavy atom. The van der Waals surface area contributed by atoms with E-state index in [1.54, 1.807) is 25.2 Å². The molecule has 2 fully saturated rings. The highest BCUT2D eigenvalue weighted by molar-refractivity contribution is 7.89. The lowest BCUT2D eigenvalue weighted by molar-refractivity contribution is 0.102. The lowest BCUT2D eigenvalue weighted by atomic mass is 9.96. The van der Waals surface area contributed by atoms with Crippen molar-refractivity contribution in [3.63, 3.8) is 0 Å². The van der Waals surface area contributed by atoms with Crippen molar-refractivity contribution in [2.45, 2.75) is 43.0 Å². The summed E-state index contributed by atoms with van der Waals surface area (Å²) < 4.78 is 33.1. The van der Waals surface area contributed by atoms with E-state index in [2.05, 4.69) is 10.2 Å². The Morgan fingerprint density at radius 3 is 2.41 bits per heavy atom. The van der Waals surface area contributed by atoms with E-state index >= 15 is 0 Å². The van der Waals surface area contributed by atoms with Crippen molar-refractivity contribution >= 4 is 27.3 Å². The number of carbonyl (C=O) groups is 1. The topological polar surface area (TPSA) is 79.0 Å². The standard InChI is InChI=1S/C24H31N3O4S/c1-26(21-7-3-2-4-8-21)32(29,30)23-9-5-6-19(18-23)24(28)25-20-10-12-22(13-11-20)27-14-16-31-17-15-27/h5-6,9-13,18,21H,2-4,7-8,14-17H2,1H3,(H,25,28). The average Bonchev–Trinajstić information content (AvgIpc) is 2.85. The summed E-state index contributed by atoms with van der Waals surface area (Å²) in [5.74, 6) is -0.332. The number of benzene rings is 2. The molecule has 1 N–H and O–H groups in total. The molecule has 8 heteroatoms. The third kappa shape index (κ3) is 5.14. The number of nitrogens with zero attached hydrogens (tertiary/aromatic N) is 2. The van der Waals surface area contributed by atoms with Gasteiger partial charge in [0.05, 0.1) is 18.1 Å². The Balaban J connectivity index is 1.45. The van der Waals surface area contributed by atoms with E-state index in [-0.39, 0.29) is 16.8 Å². The molecular formula is C24H31N3O4S. The molecule has 0 unspecified atom stereocenters. The van der Waals surface area contributed by atoms with E-state index in [4.69, 9.17) is 4.74 Å². The number of sulfonamides is 1. The molecule has 0 spiro atoms. The highest BCUT2D eigenvalue weighted by atomic mass is 32.2. The van der Waals surface area contributed by atoms with Gasteiger partial charge in [0.15, 0.2) is 0 Å². The Bertz CT molecular complexity index is 1030. The Labute approximate surface area is 190 Å². The summed E-state index contributed by atoms with van der Waals surface area (Å²) in [5, 5.41) is 2.87. The summed E-state index contributed by atoms with van der Waals surface area (Å²) in [6.07, 6.45) is 5.04. The maximum atomic E-state index is 13.1. The van der Waals surface area contributed by atoms with Gasteiger partial charge in [0.25, 0.3) is 5.91 Å². The molecule has 2 aromatic rings. The number of hydrogen-bond donors (Lipinski definition) is 1. The molecule has 1 heterocycles. The van der Waals surface area contributed by atoms with E-state index in [1.165, 1.54) is 10.4 Å². The maximum Gasteiger partial charge on any atom is 0.255 e. The quantitative estimate of drug-likeness (QED) is 0.715. The molecule has 0 aromatic heterocycles. The molecular weight excluding hydrogens is 426 g/mol. The van der Waals surface area contributed by atoms with Crippen LogP contribution in [0.3, 0.4) is 0 Å². The van der Waals surface area contributed by atoms with Crippen molar-refractivity contribution in [2.75, 3.05) is 43.6 Å². The van der Waals surface area contributed by atoms with Crippen molar-refractivity contribution in [1.29, 1.82) is 0 Å². The van der Waals surface area contributed by atoms with Crippen LogP contribution >= 0.6 is 0 Å². The number of rotatable bonds is 6. The first-order valence-electron chi connectivity index (χ1n) is 11.3. The molecule has 2 aliphatic rings. The molecule has 1 amide bonds. The van der Waals surface area contributed by atoms with Crippen molar-refractivity contribution < 1.29 is 17.9 Å². The van der Waals surface area contributed by atoms with Gasteiger partial charge in [-0.25, -0.2) is 8.42 Å². The predicted octanol–water partition coefficient (Wildman–Crippen LogP) is 3.73. The zero-order valence-corrected chi connectivity index (χ0v) is 19.3. The van der Waals surface area contributed by atoms with Crippen LogP contribution in [0.15, 0.2) is 53.4 Å². The van der Waals surface area contributed by atoms with Crippen molar-refractivity contribution in [2.24, 2.45) is 0 Å². The summed E-state index contributed by atoms with van der Waals surface area (Å²) in [4.78, 5) is 15.2. The van der Waals surface area contributed by atoms with Gasteiger partial charge in [0.1, 0.15) is 0 Å². The van der Waals surface area contributed by atoms with Gasteiger partial charge in [-0.3, -0.25) is 4.79 Å². The van der Waals surface area contributed by atoms with Crippen molar-refractivity contribution in [1.82, 2.24) is 4.31 Å². The van der Waals surface area contributed by atoms with Crippen LogP contribution in [0.4, 0.5) is 11.4 Å². The fraction of sp³-hybridized carbons (Fsp3) is 0.458. The first-order chi connectivity index (χ1) is 15.4. The molecule has 0 atom stereocenters. The van der Waals surface area contributed by atoms with Crippen LogP contribution in [0.25, 0.3) is 0 Å². The predicted molar refractivity (Wildman–Crippen MR) is 126 cm³/mol. The molecule has 0 radical (unpaired) electrons. The minimum Gasteiger partial charge on any atom is -0.378 e. The molecule has 1 aliphatic carbocycles. The lowest BCUT2D eigenvalue weighted by Gasteiger charge is -2.30. The van der Waals surface area contributed by atoms with Crippen LogP contribution in [0.1, 0.15) is 42.5 Å². The number of hydrogen-bond acceptors (Lipinski definition) is 5. The van der Waals surface area contributed by atoms with Crippen molar-refractivity contribution in [3.05, 3.63) is 54.1 Å². The SMILES string of the molecule is CN(C1CCCCC1)S(=O)(=O)c1cccc(C(=O)Nc2ccc(N3CCOCC3)cc2)c1. The molecule has 172 valence electrons. The molecule has 0 bridgehead atoms. The number of carbonyl (C=O) groups excluding carboxylic acids is 1. The monoisotopic (exact) mass is 457 g/mol. The summed E-state index contributed by atoms with van der Waals surface area (Å²) in [5.41, 5.74) is 2.07. The zero-order valence-electron chi connectivity index (χ0n) is 18.5. The van der Waals surface area contributed by atoms with E-state index < -0.39 is 10.0 Å². The molecule has 1 saturated heterocycles. The number of anilines is 2. The summed E-state index contributed by atoms with van der Waals surface area (Å²) in [6, 6.07) is 14.0. The number of nitrogens with one attached hydrogen (secondary N) is 1. The molecule has 2 aromatic carbocycles. The van der Waals surface area contributed by atoms with Gasteiger partial charge in [-0.1, -0.05) is 25.3 Å². The van der Waals surface area contributed by atoms with Crippen LogP contribution in [0.2, 0.25) is 0 Å². The van der Waals surface area contributed by atoms with E-state index in [0.717, 1.165) is 50.9 Å². The third-order valence-corrected chi connectivity index (χ3v) is 8.27.